The zero-order valence-corrected chi connectivity index (χ0v) is 10.9. The van der Waals surface area contributed by atoms with Gasteiger partial charge in [-0.15, -0.1) is 0 Å². The molecule has 1 fully saturated rings. The Hall–Kier alpha value is -1.55. The molecular weight excluding hydrogens is 230 g/mol. The van der Waals surface area contributed by atoms with Crippen LogP contribution in [0.25, 0.3) is 0 Å². The molecule has 0 aliphatic carbocycles. The minimum Gasteiger partial charge on any atom is -0.496 e. The van der Waals surface area contributed by atoms with Gasteiger partial charge in [0, 0.05) is 18.7 Å². The van der Waals surface area contributed by atoms with Gasteiger partial charge in [-0.3, -0.25) is 4.79 Å². The van der Waals surface area contributed by atoms with Crippen molar-refractivity contribution in [3.8, 4) is 5.75 Å². The SMILES string of the molecule is COc1ccc(C(=O)NC[C@@H]2CCCO2)cc1C. The molecule has 1 N–H and O–H groups in total. The van der Waals surface area contributed by atoms with Gasteiger partial charge < -0.3 is 14.8 Å². The highest BCUT2D eigenvalue weighted by Crippen LogP contribution is 2.18. The number of methoxy groups -OCH3 is 1. The van der Waals surface area contributed by atoms with E-state index in [1.807, 2.05) is 19.1 Å². The summed E-state index contributed by atoms with van der Waals surface area (Å²) in [6, 6.07) is 5.43. The first-order valence-corrected chi connectivity index (χ1v) is 6.25. The second-order valence-electron chi connectivity index (χ2n) is 4.53. The van der Waals surface area contributed by atoms with E-state index in [0.717, 1.165) is 30.8 Å². The van der Waals surface area contributed by atoms with Gasteiger partial charge in [0.05, 0.1) is 13.2 Å². The number of hydrogen-bond acceptors (Lipinski definition) is 3. The maximum absolute atomic E-state index is 11.9. The average molecular weight is 249 g/mol. The molecule has 0 bridgehead atoms. The van der Waals surface area contributed by atoms with E-state index in [4.69, 9.17) is 9.47 Å². The van der Waals surface area contributed by atoms with Crippen molar-refractivity contribution in [2.24, 2.45) is 0 Å². The first-order valence-electron chi connectivity index (χ1n) is 6.25. The average Bonchev–Trinajstić information content (AvgIpc) is 2.89. The number of aryl methyl sites for hydroxylation is 1. The van der Waals surface area contributed by atoms with Crippen molar-refractivity contribution in [3.05, 3.63) is 29.3 Å². The Morgan fingerprint density at radius 2 is 2.39 bits per heavy atom. The van der Waals surface area contributed by atoms with Crippen molar-refractivity contribution in [1.82, 2.24) is 5.32 Å². The molecule has 2 rings (SSSR count). The Morgan fingerprint density at radius 1 is 1.56 bits per heavy atom. The van der Waals surface area contributed by atoms with Gasteiger partial charge in [0.2, 0.25) is 0 Å². The molecule has 0 aromatic heterocycles. The van der Waals surface area contributed by atoms with Crippen LogP contribution in [-0.4, -0.2) is 32.3 Å². The van der Waals surface area contributed by atoms with E-state index in [1.54, 1.807) is 13.2 Å². The quantitative estimate of drug-likeness (QED) is 0.886. The smallest absolute Gasteiger partial charge is 0.251 e. The third kappa shape index (κ3) is 3.01. The Morgan fingerprint density at radius 3 is 3.00 bits per heavy atom. The van der Waals surface area contributed by atoms with Crippen molar-refractivity contribution in [3.63, 3.8) is 0 Å². The molecule has 1 aromatic carbocycles. The topological polar surface area (TPSA) is 47.6 Å². The molecule has 4 heteroatoms. The summed E-state index contributed by atoms with van der Waals surface area (Å²) < 4.78 is 10.6. The summed E-state index contributed by atoms with van der Waals surface area (Å²) in [4.78, 5) is 11.9. The molecule has 1 saturated heterocycles. The van der Waals surface area contributed by atoms with E-state index in [9.17, 15) is 4.79 Å². The van der Waals surface area contributed by atoms with E-state index < -0.39 is 0 Å². The molecule has 98 valence electrons. The first-order chi connectivity index (χ1) is 8.70. The van der Waals surface area contributed by atoms with Crippen molar-refractivity contribution in [2.75, 3.05) is 20.3 Å². The second-order valence-corrected chi connectivity index (χ2v) is 4.53. The van der Waals surface area contributed by atoms with E-state index in [2.05, 4.69) is 5.32 Å². The van der Waals surface area contributed by atoms with E-state index in [-0.39, 0.29) is 12.0 Å². The Balaban J connectivity index is 1.93. The van der Waals surface area contributed by atoms with Crippen molar-refractivity contribution >= 4 is 5.91 Å². The lowest BCUT2D eigenvalue weighted by molar-refractivity contribution is 0.0857. The van der Waals surface area contributed by atoms with Crippen LogP contribution in [0.5, 0.6) is 5.75 Å². The maximum atomic E-state index is 11.9. The molecule has 4 nitrogen and oxygen atoms in total. The maximum Gasteiger partial charge on any atom is 0.251 e. The highest BCUT2D eigenvalue weighted by molar-refractivity contribution is 5.94. The lowest BCUT2D eigenvalue weighted by Gasteiger charge is -2.11. The Bertz CT molecular complexity index is 425. The largest absolute Gasteiger partial charge is 0.496 e. The predicted octanol–water partition coefficient (Wildman–Crippen LogP) is 1.91. The molecule has 1 aromatic rings. The Kier molecular flexibility index (Phi) is 4.20. The minimum atomic E-state index is -0.0590. The predicted molar refractivity (Wildman–Crippen MR) is 69.0 cm³/mol. The van der Waals surface area contributed by atoms with Crippen LogP contribution in [-0.2, 0) is 4.74 Å². The number of ether oxygens (including phenoxy) is 2. The first kappa shape index (κ1) is 12.9. The number of amides is 1. The fraction of sp³-hybridized carbons (Fsp3) is 0.500. The van der Waals surface area contributed by atoms with E-state index in [0.29, 0.717) is 12.1 Å². The molecule has 0 unspecified atom stereocenters. The van der Waals surface area contributed by atoms with Crippen LogP contribution in [0.4, 0.5) is 0 Å². The molecule has 0 saturated carbocycles. The fourth-order valence-electron chi connectivity index (χ4n) is 2.13. The molecule has 0 spiro atoms. The highest BCUT2D eigenvalue weighted by atomic mass is 16.5. The normalized spacial score (nSPS) is 18.7. The van der Waals surface area contributed by atoms with E-state index in [1.165, 1.54) is 0 Å². The Labute approximate surface area is 107 Å². The molecule has 1 aliphatic rings. The van der Waals surface area contributed by atoms with Crippen LogP contribution in [0.3, 0.4) is 0 Å². The summed E-state index contributed by atoms with van der Waals surface area (Å²) in [5, 5.41) is 2.90. The van der Waals surface area contributed by atoms with Gasteiger partial charge in [-0.25, -0.2) is 0 Å². The van der Waals surface area contributed by atoms with Crippen LogP contribution >= 0.6 is 0 Å². The lowest BCUT2D eigenvalue weighted by Crippen LogP contribution is -2.31. The zero-order chi connectivity index (χ0) is 13.0. The van der Waals surface area contributed by atoms with Gasteiger partial charge in [0.15, 0.2) is 0 Å². The summed E-state index contributed by atoms with van der Waals surface area (Å²) in [5.74, 6) is 0.738. The molecule has 1 heterocycles. The number of hydrogen-bond donors (Lipinski definition) is 1. The summed E-state index contributed by atoms with van der Waals surface area (Å²) in [6.45, 7) is 3.32. The van der Waals surface area contributed by atoms with Gasteiger partial charge in [0.1, 0.15) is 5.75 Å². The highest BCUT2D eigenvalue weighted by Gasteiger charge is 2.16. The van der Waals surface area contributed by atoms with Crippen LogP contribution in [0.15, 0.2) is 18.2 Å². The lowest BCUT2D eigenvalue weighted by atomic mass is 10.1. The van der Waals surface area contributed by atoms with Gasteiger partial charge in [-0.1, -0.05) is 0 Å². The molecule has 1 amide bonds. The third-order valence-electron chi connectivity index (χ3n) is 3.17. The second kappa shape index (κ2) is 5.87. The fourth-order valence-corrected chi connectivity index (χ4v) is 2.13. The van der Waals surface area contributed by atoms with Crippen molar-refractivity contribution in [2.45, 2.75) is 25.9 Å². The van der Waals surface area contributed by atoms with Gasteiger partial charge in [-0.2, -0.15) is 0 Å². The van der Waals surface area contributed by atoms with Crippen LogP contribution < -0.4 is 10.1 Å². The third-order valence-corrected chi connectivity index (χ3v) is 3.17. The number of nitrogens with one attached hydrogen (secondary N) is 1. The standard InChI is InChI=1S/C14H19NO3/c1-10-8-11(5-6-13(10)17-2)14(16)15-9-12-4-3-7-18-12/h5-6,8,12H,3-4,7,9H2,1-2H3,(H,15,16)/t12-/m0/s1. The number of carbonyl (C=O) groups excluding carboxylic acids is 1. The zero-order valence-electron chi connectivity index (χ0n) is 10.9. The molecule has 1 aliphatic heterocycles. The van der Waals surface area contributed by atoms with Crippen LogP contribution in [0.2, 0.25) is 0 Å². The van der Waals surface area contributed by atoms with Gasteiger partial charge in [-0.05, 0) is 43.5 Å². The van der Waals surface area contributed by atoms with Crippen molar-refractivity contribution in [1.29, 1.82) is 0 Å². The molecule has 1 atom stereocenters. The minimum absolute atomic E-state index is 0.0590. The molecule has 0 radical (unpaired) electrons. The summed E-state index contributed by atoms with van der Waals surface area (Å²) >= 11 is 0. The van der Waals surface area contributed by atoms with E-state index >= 15 is 0 Å². The summed E-state index contributed by atoms with van der Waals surface area (Å²) in [5.41, 5.74) is 1.62. The summed E-state index contributed by atoms with van der Waals surface area (Å²) in [7, 11) is 1.62. The summed E-state index contributed by atoms with van der Waals surface area (Å²) in [6.07, 6.45) is 2.29. The van der Waals surface area contributed by atoms with Gasteiger partial charge >= 0.3 is 0 Å². The number of rotatable bonds is 4. The van der Waals surface area contributed by atoms with Crippen LogP contribution in [0.1, 0.15) is 28.8 Å². The monoisotopic (exact) mass is 249 g/mol. The van der Waals surface area contributed by atoms with Gasteiger partial charge in [0.25, 0.3) is 5.91 Å². The number of benzene rings is 1. The number of carbonyl (C=O) groups is 1. The molecule has 18 heavy (non-hydrogen) atoms. The van der Waals surface area contributed by atoms with Crippen molar-refractivity contribution < 1.29 is 14.3 Å². The van der Waals surface area contributed by atoms with Crippen LogP contribution in [0, 0.1) is 6.92 Å². The molecular formula is C14H19NO3.